The molecule has 0 saturated carbocycles. The lowest BCUT2D eigenvalue weighted by molar-refractivity contribution is 0.0520. The molecule has 0 spiro atoms. The zero-order valence-corrected chi connectivity index (χ0v) is 12.2. The number of aromatic nitrogens is 3. The van der Waals surface area contributed by atoms with Gasteiger partial charge in [-0.3, -0.25) is 0 Å². The summed E-state index contributed by atoms with van der Waals surface area (Å²) >= 11 is 0. The van der Waals surface area contributed by atoms with Crippen molar-refractivity contribution in [3.8, 4) is 11.3 Å². The number of rotatable bonds is 6. The Morgan fingerprint density at radius 2 is 2.00 bits per heavy atom. The van der Waals surface area contributed by atoms with E-state index in [0.29, 0.717) is 17.8 Å². The van der Waals surface area contributed by atoms with Gasteiger partial charge in [-0.25, -0.2) is 13.9 Å². The molecule has 21 heavy (non-hydrogen) atoms. The first-order valence-electron chi connectivity index (χ1n) is 7.03. The molecule has 0 N–H and O–H groups in total. The Balaban J connectivity index is 2.44. The van der Waals surface area contributed by atoms with Gasteiger partial charge in [-0.05, 0) is 37.6 Å². The van der Waals surface area contributed by atoms with Crippen LogP contribution in [0.3, 0.4) is 0 Å². The van der Waals surface area contributed by atoms with Gasteiger partial charge in [-0.2, -0.15) is 0 Å². The van der Waals surface area contributed by atoms with Crippen molar-refractivity contribution in [3.05, 3.63) is 35.8 Å². The second-order valence-corrected chi connectivity index (χ2v) is 4.59. The number of nitrogens with zero attached hydrogens (tertiary/aromatic N) is 3. The molecule has 5 nitrogen and oxygen atoms in total. The summed E-state index contributed by atoms with van der Waals surface area (Å²) in [6.07, 6.45) is 1.91. The maximum atomic E-state index is 13.1. The second kappa shape index (κ2) is 6.97. The average Bonchev–Trinajstić information content (AvgIpc) is 2.90. The smallest absolute Gasteiger partial charge is 0.361 e. The first-order chi connectivity index (χ1) is 10.2. The second-order valence-electron chi connectivity index (χ2n) is 4.59. The van der Waals surface area contributed by atoms with Gasteiger partial charge in [0, 0.05) is 12.1 Å². The minimum absolute atomic E-state index is 0.166. The molecule has 0 saturated heterocycles. The van der Waals surface area contributed by atoms with Crippen molar-refractivity contribution < 1.29 is 13.9 Å². The summed E-state index contributed by atoms with van der Waals surface area (Å²) in [7, 11) is 0. The molecule has 112 valence electrons. The average molecular weight is 291 g/mol. The van der Waals surface area contributed by atoms with Gasteiger partial charge < -0.3 is 4.74 Å². The number of halogens is 1. The molecule has 0 aliphatic rings. The number of benzene rings is 1. The quantitative estimate of drug-likeness (QED) is 0.767. The molecule has 0 unspecified atom stereocenters. The van der Waals surface area contributed by atoms with E-state index >= 15 is 0 Å². The van der Waals surface area contributed by atoms with Crippen LogP contribution in [0.5, 0.6) is 0 Å². The standard InChI is InChI=1S/C15H18FN3O2/c1-3-5-10-19-14(11-6-8-12(16)9-7-11)13(17-18-19)15(20)21-4-2/h6-9H,3-5,10H2,1-2H3. The Kier molecular flexibility index (Phi) is 5.03. The fraction of sp³-hybridized carbons (Fsp3) is 0.400. The molecular formula is C15H18FN3O2. The van der Waals surface area contributed by atoms with E-state index in [0.717, 1.165) is 12.8 Å². The molecule has 0 amide bonds. The number of hydrogen-bond acceptors (Lipinski definition) is 4. The molecule has 0 bridgehead atoms. The Bertz CT molecular complexity index is 608. The monoisotopic (exact) mass is 291 g/mol. The minimum Gasteiger partial charge on any atom is -0.461 e. The number of carbonyl (C=O) groups excluding carboxylic acids is 1. The van der Waals surface area contributed by atoms with Crippen molar-refractivity contribution in [2.75, 3.05) is 6.61 Å². The Morgan fingerprint density at radius 1 is 1.29 bits per heavy atom. The number of hydrogen-bond donors (Lipinski definition) is 0. The van der Waals surface area contributed by atoms with Gasteiger partial charge in [0.15, 0.2) is 5.69 Å². The van der Waals surface area contributed by atoms with E-state index in [9.17, 15) is 9.18 Å². The highest BCUT2D eigenvalue weighted by atomic mass is 19.1. The molecule has 0 radical (unpaired) electrons. The zero-order chi connectivity index (χ0) is 15.2. The highest BCUT2D eigenvalue weighted by Crippen LogP contribution is 2.23. The van der Waals surface area contributed by atoms with Gasteiger partial charge >= 0.3 is 5.97 Å². The van der Waals surface area contributed by atoms with Crippen LogP contribution in [0.15, 0.2) is 24.3 Å². The van der Waals surface area contributed by atoms with Crippen LogP contribution >= 0.6 is 0 Å². The fourth-order valence-corrected chi connectivity index (χ4v) is 2.01. The largest absolute Gasteiger partial charge is 0.461 e. The summed E-state index contributed by atoms with van der Waals surface area (Å²) in [5, 5.41) is 7.96. The van der Waals surface area contributed by atoms with Crippen molar-refractivity contribution >= 4 is 5.97 Å². The molecule has 1 aromatic heterocycles. The van der Waals surface area contributed by atoms with E-state index in [2.05, 4.69) is 17.2 Å². The molecule has 0 atom stereocenters. The summed E-state index contributed by atoms with van der Waals surface area (Å²) in [5.41, 5.74) is 1.43. The van der Waals surface area contributed by atoms with Crippen LogP contribution in [0.4, 0.5) is 4.39 Å². The van der Waals surface area contributed by atoms with Gasteiger partial charge in [-0.15, -0.1) is 5.10 Å². The van der Waals surface area contributed by atoms with Crippen LogP contribution in [-0.2, 0) is 11.3 Å². The number of esters is 1. The highest BCUT2D eigenvalue weighted by Gasteiger charge is 2.22. The van der Waals surface area contributed by atoms with E-state index in [4.69, 9.17) is 4.74 Å². The van der Waals surface area contributed by atoms with Crippen molar-refractivity contribution in [1.29, 1.82) is 0 Å². The van der Waals surface area contributed by atoms with Crippen molar-refractivity contribution in [2.45, 2.75) is 33.2 Å². The van der Waals surface area contributed by atoms with E-state index < -0.39 is 5.97 Å². The van der Waals surface area contributed by atoms with E-state index in [1.54, 1.807) is 23.7 Å². The summed E-state index contributed by atoms with van der Waals surface area (Å²) < 4.78 is 19.8. The molecule has 6 heteroatoms. The van der Waals surface area contributed by atoms with Crippen molar-refractivity contribution in [1.82, 2.24) is 15.0 Å². The summed E-state index contributed by atoms with van der Waals surface area (Å²) in [5.74, 6) is -0.844. The van der Waals surface area contributed by atoms with Crippen LogP contribution < -0.4 is 0 Å². The normalized spacial score (nSPS) is 10.6. The third-order valence-corrected chi connectivity index (χ3v) is 3.05. The first-order valence-corrected chi connectivity index (χ1v) is 7.03. The molecule has 2 aromatic rings. The molecule has 1 aromatic carbocycles. The molecule has 1 heterocycles. The third kappa shape index (κ3) is 3.45. The molecular weight excluding hydrogens is 273 g/mol. The van der Waals surface area contributed by atoms with Gasteiger partial charge in [0.2, 0.25) is 0 Å². The topological polar surface area (TPSA) is 57.0 Å². The van der Waals surface area contributed by atoms with Crippen LogP contribution in [0.1, 0.15) is 37.2 Å². The van der Waals surface area contributed by atoms with Crippen LogP contribution in [0.2, 0.25) is 0 Å². The summed E-state index contributed by atoms with van der Waals surface area (Å²) in [6, 6.07) is 5.92. The predicted octanol–water partition coefficient (Wildman–Crippen LogP) is 3.06. The molecule has 0 aliphatic heterocycles. The van der Waals surface area contributed by atoms with Crippen LogP contribution in [-0.4, -0.2) is 27.6 Å². The SMILES string of the molecule is CCCCn1nnc(C(=O)OCC)c1-c1ccc(F)cc1. The molecule has 2 rings (SSSR count). The van der Waals surface area contributed by atoms with Gasteiger partial charge in [0.25, 0.3) is 0 Å². The third-order valence-electron chi connectivity index (χ3n) is 3.05. The summed E-state index contributed by atoms with van der Waals surface area (Å²) in [4.78, 5) is 12.0. The lowest BCUT2D eigenvalue weighted by Crippen LogP contribution is -2.08. The van der Waals surface area contributed by atoms with Crippen LogP contribution in [0, 0.1) is 5.82 Å². The number of aryl methyl sites for hydroxylation is 1. The maximum absolute atomic E-state index is 13.1. The van der Waals surface area contributed by atoms with Crippen LogP contribution in [0.25, 0.3) is 11.3 Å². The van der Waals surface area contributed by atoms with Gasteiger partial charge in [0.05, 0.1) is 6.61 Å². The van der Waals surface area contributed by atoms with Crippen molar-refractivity contribution in [3.63, 3.8) is 0 Å². The van der Waals surface area contributed by atoms with E-state index in [1.807, 2.05) is 0 Å². The number of unbranched alkanes of at least 4 members (excludes halogenated alkanes) is 1. The first kappa shape index (κ1) is 15.2. The van der Waals surface area contributed by atoms with Crippen molar-refractivity contribution in [2.24, 2.45) is 0 Å². The number of carbonyl (C=O) groups is 1. The predicted molar refractivity (Wildman–Crippen MR) is 76.3 cm³/mol. The van der Waals surface area contributed by atoms with E-state index in [-0.39, 0.29) is 18.1 Å². The fourth-order valence-electron chi connectivity index (χ4n) is 2.01. The Morgan fingerprint density at radius 3 is 2.62 bits per heavy atom. The Hall–Kier alpha value is -2.24. The maximum Gasteiger partial charge on any atom is 0.361 e. The van der Waals surface area contributed by atoms with Gasteiger partial charge in [-0.1, -0.05) is 18.6 Å². The number of ether oxygens (including phenoxy) is 1. The van der Waals surface area contributed by atoms with Gasteiger partial charge in [0.1, 0.15) is 11.5 Å². The van der Waals surface area contributed by atoms with E-state index in [1.165, 1.54) is 12.1 Å². The molecule has 0 fully saturated rings. The lowest BCUT2D eigenvalue weighted by Gasteiger charge is -2.07. The molecule has 0 aliphatic carbocycles. The lowest BCUT2D eigenvalue weighted by atomic mass is 10.1. The summed E-state index contributed by atoms with van der Waals surface area (Å²) in [6.45, 7) is 4.72. The Labute approximate surface area is 122 Å². The highest BCUT2D eigenvalue weighted by molar-refractivity contribution is 5.94. The minimum atomic E-state index is -0.514. The zero-order valence-electron chi connectivity index (χ0n) is 12.2.